The fourth-order valence-electron chi connectivity index (χ4n) is 3.93. The van der Waals surface area contributed by atoms with Crippen LogP contribution in [0.3, 0.4) is 0 Å². The van der Waals surface area contributed by atoms with Crippen molar-refractivity contribution in [3.63, 3.8) is 0 Å². The zero-order chi connectivity index (χ0) is 21.3. The minimum Gasteiger partial charge on any atom is -0.495 e. The van der Waals surface area contributed by atoms with Gasteiger partial charge in [-0.2, -0.15) is 0 Å². The van der Waals surface area contributed by atoms with E-state index in [1.165, 1.54) is 7.11 Å². The van der Waals surface area contributed by atoms with Crippen LogP contribution in [0.5, 0.6) is 5.75 Å². The molecule has 1 fully saturated rings. The van der Waals surface area contributed by atoms with Gasteiger partial charge in [-0.05, 0) is 49.7 Å². The third kappa shape index (κ3) is 5.68. The molecule has 0 aliphatic carbocycles. The molecule has 0 amide bonds. The van der Waals surface area contributed by atoms with E-state index in [-0.39, 0.29) is 29.7 Å². The van der Waals surface area contributed by atoms with Crippen molar-refractivity contribution in [2.45, 2.75) is 31.3 Å². The molecule has 2 N–H and O–H groups in total. The number of anilines is 1. The molecule has 1 aliphatic heterocycles. The normalized spacial score (nSPS) is 16.8. The van der Waals surface area contributed by atoms with E-state index in [1.807, 2.05) is 25.1 Å². The Morgan fingerprint density at radius 3 is 2.72 bits per heavy atom. The van der Waals surface area contributed by atoms with E-state index in [0.717, 1.165) is 41.7 Å². The van der Waals surface area contributed by atoms with Crippen LogP contribution in [0.1, 0.15) is 18.1 Å². The highest BCUT2D eigenvalue weighted by Crippen LogP contribution is 2.30. The lowest BCUT2D eigenvalue weighted by molar-refractivity contribution is 0.200. The maximum atomic E-state index is 13.1. The number of sulfonamides is 1. The average molecular weight is 502 g/mol. The minimum absolute atomic E-state index is 0. The first kappa shape index (κ1) is 26.3. The van der Waals surface area contributed by atoms with Gasteiger partial charge in [0.15, 0.2) is 0 Å². The molecule has 0 spiro atoms. The zero-order valence-corrected chi connectivity index (χ0v) is 20.7. The van der Waals surface area contributed by atoms with Crippen molar-refractivity contribution in [3.05, 3.63) is 53.8 Å². The summed E-state index contributed by atoms with van der Waals surface area (Å²) in [6.45, 7) is 7.50. The van der Waals surface area contributed by atoms with Crippen molar-refractivity contribution in [1.82, 2.24) is 10.2 Å². The van der Waals surface area contributed by atoms with E-state index >= 15 is 0 Å². The maximum absolute atomic E-state index is 13.1. The number of halogens is 2. The summed E-state index contributed by atoms with van der Waals surface area (Å²) in [5, 5.41) is 4.30. The molecule has 2 aromatic carbocycles. The van der Waals surface area contributed by atoms with E-state index in [2.05, 4.69) is 21.9 Å². The highest BCUT2D eigenvalue weighted by molar-refractivity contribution is 7.92. The van der Waals surface area contributed by atoms with Crippen LogP contribution in [-0.4, -0.2) is 46.1 Å². The summed E-state index contributed by atoms with van der Waals surface area (Å²) in [5.74, 6) is 0.313. The number of nitrogens with zero attached hydrogens (tertiary/aromatic N) is 1. The molecule has 1 atom stereocenters. The lowest BCUT2D eigenvalue weighted by atomic mass is 10.1. The molecule has 1 aliphatic rings. The predicted molar refractivity (Wildman–Crippen MR) is 132 cm³/mol. The smallest absolute Gasteiger partial charge is 0.265 e. The Labute approximate surface area is 201 Å². The first-order chi connectivity index (χ1) is 14.4. The van der Waals surface area contributed by atoms with Gasteiger partial charge in [-0.25, -0.2) is 8.42 Å². The molecule has 10 heteroatoms. The minimum atomic E-state index is -3.82. The van der Waals surface area contributed by atoms with Gasteiger partial charge in [0.1, 0.15) is 16.2 Å². The molecule has 7 nitrogen and oxygen atoms in total. The van der Waals surface area contributed by atoms with Gasteiger partial charge in [0.2, 0.25) is 0 Å². The number of fused-ring (bicyclic) bond motifs is 1. The van der Waals surface area contributed by atoms with Gasteiger partial charge in [0, 0.05) is 43.2 Å². The number of aryl methyl sites for hydroxylation is 1. The maximum Gasteiger partial charge on any atom is 0.265 e. The Morgan fingerprint density at radius 1 is 1.22 bits per heavy atom. The van der Waals surface area contributed by atoms with Gasteiger partial charge in [-0.15, -0.1) is 24.8 Å². The van der Waals surface area contributed by atoms with Crippen LogP contribution in [0.2, 0.25) is 0 Å². The van der Waals surface area contributed by atoms with Gasteiger partial charge >= 0.3 is 0 Å². The van der Waals surface area contributed by atoms with Crippen molar-refractivity contribution in [2.24, 2.45) is 0 Å². The monoisotopic (exact) mass is 501 g/mol. The van der Waals surface area contributed by atoms with E-state index < -0.39 is 10.0 Å². The molecule has 32 heavy (non-hydrogen) atoms. The molecular weight excluding hydrogens is 473 g/mol. The Kier molecular flexibility index (Phi) is 8.84. The second kappa shape index (κ2) is 10.8. The quantitative estimate of drug-likeness (QED) is 0.526. The molecule has 176 valence electrons. The number of hydrogen-bond donors (Lipinski definition) is 2. The Morgan fingerprint density at radius 2 is 2.00 bits per heavy atom. The van der Waals surface area contributed by atoms with Gasteiger partial charge in [0.25, 0.3) is 10.0 Å². The molecule has 3 aromatic rings. The highest BCUT2D eigenvalue weighted by Gasteiger charge is 2.22. The Hall–Kier alpha value is -1.97. The summed E-state index contributed by atoms with van der Waals surface area (Å²) in [6.07, 6.45) is 1.64. The first-order valence-electron chi connectivity index (χ1n) is 9.99. The van der Waals surface area contributed by atoms with Crippen LogP contribution in [0.15, 0.2) is 52.0 Å². The second-order valence-electron chi connectivity index (χ2n) is 7.82. The predicted octanol–water partition coefficient (Wildman–Crippen LogP) is 4.19. The number of hydrogen-bond acceptors (Lipinski definition) is 6. The molecular formula is C22H29Cl2N3O4S. The number of nitrogens with one attached hydrogen (secondary N) is 2. The van der Waals surface area contributed by atoms with Crippen molar-refractivity contribution < 1.29 is 17.6 Å². The van der Waals surface area contributed by atoms with Gasteiger partial charge < -0.3 is 14.5 Å². The van der Waals surface area contributed by atoms with Gasteiger partial charge in [-0.1, -0.05) is 6.07 Å². The SMILES string of the molecule is COc1ccc(C)cc1S(=O)(=O)Nc1cc(CN2CCNC(C)C2)c2occc2c1.Cl.Cl. The average Bonchev–Trinajstić information content (AvgIpc) is 3.16. The Balaban J connectivity index is 0.00000181. The molecule has 0 bridgehead atoms. The van der Waals surface area contributed by atoms with Gasteiger partial charge in [0.05, 0.1) is 19.1 Å². The lowest BCUT2D eigenvalue weighted by Crippen LogP contribution is -2.48. The van der Waals surface area contributed by atoms with Crippen molar-refractivity contribution in [3.8, 4) is 5.75 Å². The molecule has 2 heterocycles. The third-order valence-corrected chi connectivity index (χ3v) is 6.74. The summed E-state index contributed by atoms with van der Waals surface area (Å²) >= 11 is 0. The van der Waals surface area contributed by atoms with Crippen molar-refractivity contribution in [2.75, 3.05) is 31.5 Å². The summed E-state index contributed by atoms with van der Waals surface area (Å²) in [6, 6.07) is 11.0. The van der Waals surface area contributed by atoms with Crippen LogP contribution in [0, 0.1) is 6.92 Å². The Bertz CT molecular complexity index is 1170. The number of methoxy groups -OCH3 is 1. The number of furan rings is 1. The van der Waals surface area contributed by atoms with E-state index in [1.54, 1.807) is 24.5 Å². The zero-order valence-electron chi connectivity index (χ0n) is 18.3. The van der Waals surface area contributed by atoms with Gasteiger partial charge in [-0.3, -0.25) is 9.62 Å². The third-order valence-electron chi connectivity index (χ3n) is 5.34. The van der Waals surface area contributed by atoms with E-state index in [4.69, 9.17) is 9.15 Å². The van der Waals surface area contributed by atoms with Crippen LogP contribution >= 0.6 is 24.8 Å². The summed E-state index contributed by atoms with van der Waals surface area (Å²) in [5.41, 5.74) is 3.10. The lowest BCUT2D eigenvalue weighted by Gasteiger charge is -2.31. The first-order valence-corrected chi connectivity index (χ1v) is 11.5. The van der Waals surface area contributed by atoms with Crippen molar-refractivity contribution >= 4 is 51.5 Å². The molecule has 1 unspecified atom stereocenters. The fraction of sp³-hybridized carbons (Fsp3) is 0.364. The highest BCUT2D eigenvalue weighted by atomic mass is 35.5. The number of ether oxygens (including phenoxy) is 1. The van der Waals surface area contributed by atoms with Crippen molar-refractivity contribution in [1.29, 1.82) is 0 Å². The van der Waals surface area contributed by atoms with E-state index in [9.17, 15) is 8.42 Å². The number of rotatable bonds is 6. The molecule has 1 saturated heterocycles. The van der Waals surface area contributed by atoms with Crippen LogP contribution < -0.4 is 14.8 Å². The molecule has 1 aromatic heterocycles. The van der Waals surface area contributed by atoms with E-state index in [0.29, 0.717) is 24.0 Å². The standard InChI is InChI=1S/C22H27N3O4S.2ClH/c1-15-4-5-20(28-3)21(10-15)30(26,27)24-19-11-17-6-9-29-22(17)18(12-19)14-25-8-7-23-16(2)13-25;;/h4-6,9-12,16,23-24H,7-8,13-14H2,1-3H3;2*1H. The number of benzene rings is 2. The van der Waals surface area contributed by atoms with Crippen LogP contribution in [0.25, 0.3) is 11.0 Å². The summed E-state index contributed by atoms with van der Waals surface area (Å²) in [4.78, 5) is 2.47. The molecule has 0 saturated carbocycles. The summed E-state index contributed by atoms with van der Waals surface area (Å²) < 4.78 is 39.9. The van der Waals surface area contributed by atoms with Crippen LogP contribution in [0.4, 0.5) is 5.69 Å². The fourth-order valence-corrected chi connectivity index (χ4v) is 5.23. The number of piperazine rings is 1. The second-order valence-corrected chi connectivity index (χ2v) is 9.48. The topological polar surface area (TPSA) is 83.8 Å². The molecule has 4 rings (SSSR count). The van der Waals surface area contributed by atoms with Crippen LogP contribution in [-0.2, 0) is 16.6 Å². The summed E-state index contributed by atoms with van der Waals surface area (Å²) in [7, 11) is -2.35. The largest absolute Gasteiger partial charge is 0.495 e. The molecule has 0 radical (unpaired) electrons.